The predicted octanol–water partition coefficient (Wildman–Crippen LogP) is 0.625. The van der Waals surface area contributed by atoms with Gasteiger partial charge in [0.05, 0.1) is 7.11 Å². The monoisotopic (exact) mass is 226 g/mol. The van der Waals surface area contributed by atoms with Gasteiger partial charge in [0.25, 0.3) is 0 Å². The Morgan fingerprint density at radius 2 is 2.06 bits per heavy atom. The lowest BCUT2D eigenvalue weighted by molar-refractivity contribution is -0.140. The molecular formula is C12H22N2O2. The summed E-state index contributed by atoms with van der Waals surface area (Å²) in [5, 5.41) is 3.37. The first-order valence-electron chi connectivity index (χ1n) is 6.24. The summed E-state index contributed by atoms with van der Waals surface area (Å²) in [6.07, 6.45) is 4.12. The normalized spacial score (nSPS) is 24.1. The van der Waals surface area contributed by atoms with Crippen molar-refractivity contribution in [2.24, 2.45) is 5.41 Å². The fourth-order valence-corrected chi connectivity index (χ4v) is 2.63. The van der Waals surface area contributed by atoms with Crippen molar-refractivity contribution in [2.75, 3.05) is 39.8 Å². The van der Waals surface area contributed by atoms with Crippen molar-refractivity contribution >= 4 is 5.97 Å². The molecule has 0 amide bonds. The Balaban J connectivity index is 1.60. The minimum atomic E-state index is -0.0864. The molecular weight excluding hydrogens is 204 g/mol. The molecule has 2 rings (SSSR count). The molecule has 0 radical (unpaired) electrons. The van der Waals surface area contributed by atoms with Crippen LogP contribution >= 0.6 is 0 Å². The summed E-state index contributed by atoms with van der Waals surface area (Å²) < 4.78 is 4.63. The summed E-state index contributed by atoms with van der Waals surface area (Å²) in [5.41, 5.74) is 0.624. The summed E-state index contributed by atoms with van der Waals surface area (Å²) in [7, 11) is 1.45. The average Bonchev–Trinajstić information content (AvgIpc) is 2.28. The number of nitrogens with zero attached hydrogens (tertiary/aromatic N) is 1. The Kier molecular flexibility index (Phi) is 3.82. The Morgan fingerprint density at radius 1 is 1.38 bits per heavy atom. The van der Waals surface area contributed by atoms with E-state index in [9.17, 15) is 4.79 Å². The van der Waals surface area contributed by atoms with Crippen molar-refractivity contribution in [3.8, 4) is 0 Å². The van der Waals surface area contributed by atoms with Gasteiger partial charge >= 0.3 is 5.97 Å². The third kappa shape index (κ3) is 2.74. The predicted molar refractivity (Wildman–Crippen MR) is 62.2 cm³/mol. The lowest BCUT2D eigenvalue weighted by Gasteiger charge is -2.48. The Morgan fingerprint density at radius 3 is 2.56 bits per heavy atom. The van der Waals surface area contributed by atoms with Crippen LogP contribution in [0.25, 0.3) is 0 Å². The van der Waals surface area contributed by atoms with Gasteiger partial charge in [-0.1, -0.05) is 0 Å². The van der Waals surface area contributed by atoms with Crippen LogP contribution in [0.1, 0.15) is 25.7 Å². The van der Waals surface area contributed by atoms with Gasteiger partial charge in [-0.05, 0) is 44.3 Å². The number of ether oxygens (including phenoxy) is 1. The zero-order chi connectivity index (χ0) is 11.4. The minimum Gasteiger partial charge on any atom is -0.469 e. The first-order chi connectivity index (χ1) is 7.74. The third-order valence-corrected chi connectivity index (χ3v) is 4.00. The highest BCUT2D eigenvalue weighted by Gasteiger charge is 2.39. The van der Waals surface area contributed by atoms with Crippen molar-refractivity contribution in [1.82, 2.24) is 10.2 Å². The zero-order valence-corrected chi connectivity index (χ0v) is 10.1. The van der Waals surface area contributed by atoms with Crippen LogP contribution in [0.5, 0.6) is 0 Å². The van der Waals surface area contributed by atoms with E-state index >= 15 is 0 Å². The SMILES string of the molecule is COC(=O)CCCN1CCC2(CC1)CNC2. The maximum Gasteiger partial charge on any atom is 0.305 e. The van der Waals surface area contributed by atoms with Crippen LogP contribution in [0.3, 0.4) is 0 Å². The van der Waals surface area contributed by atoms with Gasteiger partial charge < -0.3 is 15.0 Å². The molecule has 0 aliphatic carbocycles. The largest absolute Gasteiger partial charge is 0.469 e. The van der Waals surface area contributed by atoms with Gasteiger partial charge in [-0.2, -0.15) is 0 Å². The molecule has 0 bridgehead atoms. The quantitative estimate of drug-likeness (QED) is 0.714. The second-order valence-corrected chi connectivity index (χ2v) is 5.12. The number of piperidine rings is 1. The first-order valence-corrected chi connectivity index (χ1v) is 6.24. The van der Waals surface area contributed by atoms with Crippen LogP contribution < -0.4 is 5.32 Å². The van der Waals surface area contributed by atoms with Gasteiger partial charge in [0, 0.05) is 19.5 Å². The molecule has 16 heavy (non-hydrogen) atoms. The maximum atomic E-state index is 11.0. The van der Waals surface area contributed by atoms with E-state index in [0.717, 1.165) is 13.0 Å². The van der Waals surface area contributed by atoms with E-state index in [4.69, 9.17) is 0 Å². The second kappa shape index (κ2) is 5.15. The molecule has 0 atom stereocenters. The number of nitrogens with one attached hydrogen (secondary N) is 1. The molecule has 4 nitrogen and oxygen atoms in total. The molecule has 2 saturated heterocycles. The smallest absolute Gasteiger partial charge is 0.305 e. The van der Waals surface area contributed by atoms with Crippen molar-refractivity contribution in [2.45, 2.75) is 25.7 Å². The standard InChI is InChI=1S/C12H22N2O2/c1-16-11(15)3-2-6-14-7-4-12(5-8-14)9-13-10-12/h13H,2-10H2,1H3. The van der Waals surface area contributed by atoms with E-state index in [1.54, 1.807) is 0 Å². The number of likely N-dealkylation sites (tertiary alicyclic amines) is 1. The maximum absolute atomic E-state index is 11.0. The van der Waals surface area contributed by atoms with Crippen LogP contribution in [0.4, 0.5) is 0 Å². The van der Waals surface area contributed by atoms with Crippen LogP contribution in [-0.4, -0.2) is 50.7 Å². The fourth-order valence-electron chi connectivity index (χ4n) is 2.63. The van der Waals surface area contributed by atoms with E-state index in [1.165, 1.54) is 46.1 Å². The van der Waals surface area contributed by atoms with Crippen molar-refractivity contribution < 1.29 is 9.53 Å². The average molecular weight is 226 g/mol. The summed E-state index contributed by atoms with van der Waals surface area (Å²) in [4.78, 5) is 13.4. The fraction of sp³-hybridized carbons (Fsp3) is 0.917. The van der Waals surface area contributed by atoms with Crippen molar-refractivity contribution in [3.05, 3.63) is 0 Å². The topological polar surface area (TPSA) is 41.6 Å². The molecule has 92 valence electrons. The number of hydrogen-bond acceptors (Lipinski definition) is 4. The summed E-state index contributed by atoms with van der Waals surface area (Å²) >= 11 is 0. The highest BCUT2D eigenvalue weighted by Crippen LogP contribution is 2.34. The molecule has 0 aromatic heterocycles. The first kappa shape index (κ1) is 11.9. The number of esters is 1. The summed E-state index contributed by atoms with van der Waals surface area (Å²) in [6, 6.07) is 0. The molecule has 2 aliphatic heterocycles. The van der Waals surface area contributed by atoms with Crippen LogP contribution in [0.2, 0.25) is 0 Å². The van der Waals surface area contributed by atoms with Crippen molar-refractivity contribution in [1.29, 1.82) is 0 Å². The number of carbonyl (C=O) groups is 1. The van der Waals surface area contributed by atoms with Crippen LogP contribution in [0, 0.1) is 5.41 Å². The number of methoxy groups -OCH3 is 1. The van der Waals surface area contributed by atoms with Gasteiger partial charge in [-0.25, -0.2) is 0 Å². The molecule has 2 heterocycles. The number of hydrogen-bond donors (Lipinski definition) is 1. The Labute approximate surface area is 97.3 Å². The van der Waals surface area contributed by atoms with E-state index in [1.807, 2.05) is 0 Å². The highest BCUT2D eigenvalue weighted by atomic mass is 16.5. The molecule has 0 aromatic carbocycles. The van der Waals surface area contributed by atoms with Crippen LogP contribution in [0.15, 0.2) is 0 Å². The van der Waals surface area contributed by atoms with Gasteiger partial charge in [0.2, 0.25) is 0 Å². The van der Waals surface area contributed by atoms with Gasteiger partial charge in [-0.15, -0.1) is 0 Å². The second-order valence-electron chi connectivity index (χ2n) is 5.12. The molecule has 2 fully saturated rings. The van der Waals surface area contributed by atoms with E-state index < -0.39 is 0 Å². The highest BCUT2D eigenvalue weighted by molar-refractivity contribution is 5.69. The van der Waals surface area contributed by atoms with Gasteiger partial charge in [0.15, 0.2) is 0 Å². The van der Waals surface area contributed by atoms with Crippen LogP contribution in [-0.2, 0) is 9.53 Å². The van der Waals surface area contributed by atoms with Crippen molar-refractivity contribution in [3.63, 3.8) is 0 Å². The van der Waals surface area contributed by atoms with Gasteiger partial charge in [-0.3, -0.25) is 4.79 Å². The van der Waals surface area contributed by atoms with Gasteiger partial charge in [0.1, 0.15) is 0 Å². The minimum absolute atomic E-state index is 0.0864. The molecule has 1 spiro atoms. The molecule has 0 saturated carbocycles. The molecule has 2 aliphatic rings. The molecule has 0 unspecified atom stereocenters. The van der Waals surface area contributed by atoms with E-state index in [0.29, 0.717) is 11.8 Å². The molecule has 1 N–H and O–H groups in total. The lowest BCUT2D eigenvalue weighted by Crippen LogP contribution is -2.58. The Hall–Kier alpha value is -0.610. The molecule has 4 heteroatoms. The number of carbonyl (C=O) groups excluding carboxylic acids is 1. The Bertz CT molecular complexity index is 241. The zero-order valence-electron chi connectivity index (χ0n) is 10.1. The summed E-state index contributed by atoms with van der Waals surface area (Å²) in [6.45, 7) is 5.86. The number of rotatable bonds is 4. The summed E-state index contributed by atoms with van der Waals surface area (Å²) in [5.74, 6) is -0.0864. The van der Waals surface area contributed by atoms with E-state index in [-0.39, 0.29) is 5.97 Å². The van der Waals surface area contributed by atoms with E-state index in [2.05, 4.69) is 15.0 Å². The molecule has 0 aromatic rings. The lowest BCUT2D eigenvalue weighted by atomic mass is 9.73. The third-order valence-electron chi connectivity index (χ3n) is 4.00.